The molecule has 1 heterocycles. The van der Waals surface area contributed by atoms with Crippen molar-refractivity contribution in [1.29, 1.82) is 0 Å². The van der Waals surface area contributed by atoms with Gasteiger partial charge in [0.25, 0.3) is 0 Å². The van der Waals surface area contributed by atoms with Crippen molar-refractivity contribution in [2.24, 2.45) is 0 Å². The van der Waals surface area contributed by atoms with E-state index in [0.717, 1.165) is 10.0 Å². The van der Waals surface area contributed by atoms with Gasteiger partial charge in [0.15, 0.2) is 5.78 Å². The Morgan fingerprint density at radius 2 is 1.50 bits per heavy atom. The van der Waals surface area contributed by atoms with Crippen molar-refractivity contribution >= 4 is 33.3 Å². The smallest absolute Gasteiger partial charge is 0.235 e. The molecule has 0 saturated carbocycles. The van der Waals surface area contributed by atoms with Crippen LogP contribution in [0.15, 0.2) is 83.3 Å². The summed E-state index contributed by atoms with van der Waals surface area (Å²) in [4.78, 5) is 26.2. The second-order valence-electron chi connectivity index (χ2n) is 7.43. The van der Waals surface area contributed by atoms with Gasteiger partial charge in [0.1, 0.15) is 0 Å². The summed E-state index contributed by atoms with van der Waals surface area (Å²) in [6, 6.07) is 24.1. The fourth-order valence-electron chi connectivity index (χ4n) is 3.88. The zero-order chi connectivity index (χ0) is 21.0. The number of ketones is 1. The molecule has 1 saturated heterocycles. The van der Waals surface area contributed by atoms with Crippen molar-refractivity contribution in [3.05, 3.63) is 100 Å². The van der Waals surface area contributed by atoms with E-state index in [-0.39, 0.29) is 11.7 Å². The molecule has 0 unspecified atom stereocenters. The van der Waals surface area contributed by atoms with Crippen LogP contribution in [0.1, 0.15) is 34.3 Å². The highest BCUT2D eigenvalue weighted by Crippen LogP contribution is 2.37. The SMILES string of the molecule is O=C(c1ccccc1)c1cccc(NC(=O)C2(c3ccc(Br)cc3)CCOCC2)c1. The molecule has 1 aliphatic rings. The lowest BCUT2D eigenvalue weighted by Gasteiger charge is -2.36. The first-order valence-corrected chi connectivity index (χ1v) is 10.7. The Kier molecular flexibility index (Phi) is 6.11. The van der Waals surface area contributed by atoms with Gasteiger partial charge in [-0.3, -0.25) is 9.59 Å². The van der Waals surface area contributed by atoms with E-state index >= 15 is 0 Å². The first-order valence-electron chi connectivity index (χ1n) is 9.94. The predicted molar refractivity (Wildman–Crippen MR) is 121 cm³/mol. The Labute approximate surface area is 184 Å². The molecular weight excluding hydrogens is 442 g/mol. The Morgan fingerprint density at radius 3 is 2.20 bits per heavy atom. The third-order valence-electron chi connectivity index (χ3n) is 5.60. The quantitative estimate of drug-likeness (QED) is 0.517. The molecule has 152 valence electrons. The molecule has 0 aromatic heterocycles. The monoisotopic (exact) mass is 463 g/mol. The average molecular weight is 464 g/mol. The van der Waals surface area contributed by atoms with E-state index < -0.39 is 5.41 Å². The fraction of sp³-hybridized carbons (Fsp3) is 0.200. The van der Waals surface area contributed by atoms with E-state index in [1.165, 1.54) is 0 Å². The van der Waals surface area contributed by atoms with Crippen LogP contribution in [0.2, 0.25) is 0 Å². The zero-order valence-corrected chi connectivity index (χ0v) is 18.0. The molecule has 1 fully saturated rings. The second-order valence-corrected chi connectivity index (χ2v) is 8.35. The number of benzene rings is 3. The number of nitrogens with one attached hydrogen (secondary N) is 1. The van der Waals surface area contributed by atoms with Gasteiger partial charge in [-0.15, -0.1) is 0 Å². The lowest BCUT2D eigenvalue weighted by Crippen LogP contribution is -2.44. The molecule has 4 rings (SSSR count). The van der Waals surface area contributed by atoms with E-state index in [9.17, 15) is 9.59 Å². The van der Waals surface area contributed by atoms with E-state index in [1.807, 2.05) is 48.5 Å². The minimum Gasteiger partial charge on any atom is -0.381 e. The number of carbonyl (C=O) groups excluding carboxylic acids is 2. The largest absolute Gasteiger partial charge is 0.381 e. The van der Waals surface area contributed by atoms with Gasteiger partial charge in [0, 0.05) is 34.5 Å². The van der Waals surface area contributed by atoms with E-state index in [2.05, 4.69) is 21.2 Å². The molecule has 0 aliphatic carbocycles. The Morgan fingerprint density at radius 1 is 0.833 bits per heavy atom. The number of rotatable bonds is 5. The maximum Gasteiger partial charge on any atom is 0.235 e. The van der Waals surface area contributed by atoms with Gasteiger partial charge in [-0.05, 0) is 42.7 Å². The van der Waals surface area contributed by atoms with Crippen molar-refractivity contribution in [1.82, 2.24) is 0 Å². The highest BCUT2D eigenvalue weighted by atomic mass is 79.9. The van der Waals surface area contributed by atoms with Crippen LogP contribution in [0.4, 0.5) is 5.69 Å². The predicted octanol–water partition coefficient (Wildman–Crippen LogP) is 5.37. The van der Waals surface area contributed by atoms with Crippen molar-refractivity contribution < 1.29 is 14.3 Å². The Balaban J connectivity index is 1.60. The van der Waals surface area contributed by atoms with Gasteiger partial charge in [0.2, 0.25) is 5.91 Å². The molecule has 5 heteroatoms. The molecular formula is C25H22BrNO3. The van der Waals surface area contributed by atoms with Crippen molar-refractivity contribution in [2.45, 2.75) is 18.3 Å². The number of hydrogen-bond donors (Lipinski definition) is 1. The Bertz CT molecular complexity index is 1040. The van der Waals surface area contributed by atoms with Crippen LogP contribution >= 0.6 is 15.9 Å². The molecule has 0 bridgehead atoms. The zero-order valence-electron chi connectivity index (χ0n) is 16.4. The second kappa shape index (κ2) is 8.94. The fourth-order valence-corrected chi connectivity index (χ4v) is 4.15. The summed E-state index contributed by atoms with van der Waals surface area (Å²) in [6.07, 6.45) is 1.23. The molecule has 4 nitrogen and oxygen atoms in total. The van der Waals surface area contributed by atoms with Crippen LogP contribution in [-0.2, 0) is 14.9 Å². The summed E-state index contributed by atoms with van der Waals surface area (Å²) in [6.45, 7) is 1.08. The van der Waals surface area contributed by atoms with E-state index in [4.69, 9.17) is 4.74 Å². The minimum absolute atomic E-state index is 0.0691. The maximum atomic E-state index is 13.5. The summed E-state index contributed by atoms with van der Waals surface area (Å²) < 4.78 is 6.51. The van der Waals surface area contributed by atoms with Gasteiger partial charge in [-0.25, -0.2) is 0 Å². The van der Waals surface area contributed by atoms with Crippen LogP contribution in [0, 0.1) is 0 Å². The van der Waals surface area contributed by atoms with Crippen LogP contribution in [0.25, 0.3) is 0 Å². The van der Waals surface area contributed by atoms with Gasteiger partial charge in [0.05, 0.1) is 5.41 Å². The topological polar surface area (TPSA) is 55.4 Å². The van der Waals surface area contributed by atoms with E-state index in [0.29, 0.717) is 42.9 Å². The van der Waals surface area contributed by atoms with Crippen LogP contribution in [0.5, 0.6) is 0 Å². The normalized spacial score (nSPS) is 15.4. The number of halogens is 1. The standard InChI is InChI=1S/C25H22BrNO3/c26-21-11-9-20(10-12-21)25(13-15-30-16-14-25)24(29)27-22-8-4-7-19(17-22)23(28)18-5-2-1-3-6-18/h1-12,17H,13-16H2,(H,27,29). The molecule has 0 spiro atoms. The number of ether oxygens (including phenoxy) is 1. The van der Waals surface area contributed by atoms with Gasteiger partial charge >= 0.3 is 0 Å². The molecule has 0 radical (unpaired) electrons. The van der Waals surface area contributed by atoms with Crippen molar-refractivity contribution in [3.63, 3.8) is 0 Å². The molecule has 0 atom stereocenters. The third kappa shape index (κ3) is 4.23. The molecule has 3 aromatic carbocycles. The van der Waals surface area contributed by atoms with Crippen LogP contribution in [0.3, 0.4) is 0 Å². The molecule has 3 aromatic rings. The van der Waals surface area contributed by atoms with Gasteiger partial charge < -0.3 is 10.1 Å². The summed E-state index contributed by atoms with van der Waals surface area (Å²) in [5.41, 5.74) is 2.10. The van der Waals surface area contributed by atoms with Crippen molar-refractivity contribution in [2.75, 3.05) is 18.5 Å². The summed E-state index contributed by atoms with van der Waals surface area (Å²) >= 11 is 3.46. The lowest BCUT2D eigenvalue weighted by molar-refractivity contribution is -0.125. The van der Waals surface area contributed by atoms with Gasteiger partial charge in [-0.1, -0.05) is 70.5 Å². The maximum absolute atomic E-state index is 13.5. The number of hydrogen-bond acceptors (Lipinski definition) is 3. The summed E-state index contributed by atoms with van der Waals surface area (Å²) in [5.74, 6) is -0.141. The minimum atomic E-state index is -0.654. The molecule has 1 aliphatic heterocycles. The molecule has 1 N–H and O–H groups in total. The highest BCUT2D eigenvalue weighted by molar-refractivity contribution is 9.10. The van der Waals surface area contributed by atoms with Crippen molar-refractivity contribution in [3.8, 4) is 0 Å². The average Bonchev–Trinajstić information content (AvgIpc) is 2.80. The van der Waals surface area contributed by atoms with Gasteiger partial charge in [-0.2, -0.15) is 0 Å². The van der Waals surface area contributed by atoms with Crippen LogP contribution in [-0.4, -0.2) is 24.9 Å². The van der Waals surface area contributed by atoms with Crippen LogP contribution < -0.4 is 5.32 Å². The highest BCUT2D eigenvalue weighted by Gasteiger charge is 2.41. The number of anilines is 1. The lowest BCUT2D eigenvalue weighted by atomic mass is 9.73. The first kappa shape index (κ1) is 20.5. The van der Waals surface area contributed by atoms with E-state index in [1.54, 1.807) is 30.3 Å². The number of amides is 1. The molecule has 1 amide bonds. The summed E-state index contributed by atoms with van der Waals surface area (Å²) in [5, 5.41) is 3.05. The Hall–Kier alpha value is -2.76. The summed E-state index contributed by atoms with van der Waals surface area (Å²) in [7, 11) is 0. The third-order valence-corrected chi connectivity index (χ3v) is 6.13. The first-order chi connectivity index (χ1) is 14.6. The molecule has 30 heavy (non-hydrogen) atoms. The number of carbonyl (C=O) groups is 2.